The molecule has 6 heteroatoms. The summed E-state index contributed by atoms with van der Waals surface area (Å²) in [5.74, 6) is 0. The number of urea groups is 1. The van der Waals surface area contributed by atoms with Crippen LogP contribution in [0.2, 0.25) is 0 Å². The van der Waals surface area contributed by atoms with Gasteiger partial charge in [-0.3, -0.25) is 0 Å². The van der Waals surface area contributed by atoms with Crippen molar-refractivity contribution in [3.05, 3.63) is 47.3 Å². The van der Waals surface area contributed by atoms with Gasteiger partial charge >= 0.3 is 6.03 Å². The molecule has 2 amide bonds. The normalized spacial score (nSPS) is 22.3. The van der Waals surface area contributed by atoms with E-state index < -0.39 is 0 Å². The molecule has 26 heavy (non-hydrogen) atoms. The summed E-state index contributed by atoms with van der Waals surface area (Å²) in [5, 5.41) is 7.87. The zero-order chi connectivity index (χ0) is 18.1. The Labute approximate surface area is 154 Å². The van der Waals surface area contributed by atoms with Crippen molar-refractivity contribution in [2.45, 2.75) is 51.9 Å². The van der Waals surface area contributed by atoms with Crippen LogP contribution in [0.25, 0.3) is 5.69 Å². The summed E-state index contributed by atoms with van der Waals surface area (Å²) in [5.41, 5.74) is 4.66. The highest BCUT2D eigenvalue weighted by atomic mass is 16.5. The highest BCUT2D eigenvalue weighted by molar-refractivity contribution is 5.74. The molecule has 2 aliphatic rings. The molecule has 138 valence electrons. The standard InChI is InChI=1S/C20H26N4O2/c1-14-12-23(13-15(2)26-14)20(25)21-11-18-17-9-6-10-19(17)24(22-18)16-7-4-3-5-8-16/h3-5,7-8,14-15H,6,9-13H2,1-2H3,(H,21,25)/t14-,15-/m0/s1. The monoisotopic (exact) mass is 354 g/mol. The maximum absolute atomic E-state index is 12.6. The molecular weight excluding hydrogens is 328 g/mol. The van der Waals surface area contributed by atoms with Gasteiger partial charge in [-0.05, 0) is 50.8 Å². The highest BCUT2D eigenvalue weighted by Crippen LogP contribution is 2.27. The van der Waals surface area contributed by atoms with E-state index in [2.05, 4.69) is 17.4 Å². The first-order valence-electron chi connectivity index (χ1n) is 9.45. The van der Waals surface area contributed by atoms with Crippen molar-refractivity contribution in [2.24, 2.45) is 0 Å². The molecule has 1 saturated heterocycles. The number of carbonyl (C=O) groups excluding carboxylic acids is 1. The van der Waals surface area contributed by atoms with E-state index in [0.29, 0.717) is 19.6 Å². The van der Waals surface area contributed by atoms with E-state index in [0.717, 1.165) is 30.6 Å². The maximum Gasteiger partial charge on any atom is 0.317 e. The van der Waals surface area contributed by atoms with Crippen molar-refractivity contribution in [1.82, 2.24) is 20.0 Å². The third-order valence-electron chi connectivity index (χ3n) is 5.13. The smallest absolute Gasteiger partial charge is 0.317 e. The molecule has 0 saturated carbocycles. The molecule has 2 heterocycles. The number of rotatable bonds is 3. The first-order valence-corrected chi connectivity index (χ1v) is 9.45. The van der Waals surface area contributed by atoms with Crippen molar-refractivity contribution < 1.29 is 9.53 Å². The van der Waals surface area contributed by atoms with Gasteiger partial charge < -0.3 is 15.0 Å². The average Bonchev–Trinajstić information content (AvgIpc) is 3.22. The third-order valence-corrected chi connectivity index (χ3v) is 5.13. The fourth-order valence-corrected chi connectivity index (χ4v) is 4.05. The Hall–Kier alpha value is -2.34. The number of carbonyl (C=O) groups is 1. The maximum atomic E-state index is 12.6. The molecule has 1 aromatic carbocycles. The molecule has 1 N–H and O–H groups in total. The van der Waals surface area contributed by atoms with Crippen LogP contribution in [0.5, 0.6) is 0 Å². The Bertz CT molecular complexity index is 777. The van der Waals surface area contributed by atoms with Crippen molar-refractivity contribution in [1.29, 1.82) is 0 Å². The number of fused-ring (bicyclic) bond motifs is 1. The summed E-state index contributed by atoms with van der Waals surface area (Å²) >= 11 is 0. The number of ether oxygens (including phenoxy) is 1. The molecule has 0 spiro atoms. The van der Waals surface area contributed by atoms with Crippen LogP contribution in [0.3, 0.4) is 0 Å². The summed E-state index contributed by atoms with van der Waals surface area (Å²) in [6.07, 6.45) is 3.39. The zero-order valence-electron chi connectivity index (χ0n) is 15.4. The molecule has 6 nitrogen and oxygen atoms in total. The fourth-order valence-electron chi connectivity index (χ4n) is 4.05. The Morgan fingerprint density at radius 3 is 2.65 bits per heavy atom. The molecule has 0 radical (unpaired) electrons. The largest absolute Gasteiger partial charge is 0.372 e. The van der Waals surface area contributed by atoms with Crippen molar-refractivity contribution in [3.8, 4) is 5.69 Å². The minimum absolute atomic E-state index is 0.0343. The minimum atomic E-state index is -0.0343. The van der Waals surface area contributed by atoms with Crippen LogP contribution < -0.4 is 5.32 Å². The summed E-state index contributed by atoms with van der Waals surface area (Å²) < 4.78 is 7.75. The Morgan fingerprint density at radius 1 is 1.19 bits per heavy atom. The van der Waals surface area contributed by atoms with Gasteiger partial charge in [0.2, 0.25) is 0 Å². The minimum Gasteiger partial charge on any atom is -0.372 e. The summed E-state index contributed by atoms with van der Waals surface area (Å²) in [7, 11) is 0. The van der Waals surface area contributed by atoms with Gasteiger partial charge in [-0.1, -0.05) is 18.2 Å². The Kier molecular flexibility index (Phi) is 4.68. The molecule has 4 rings (SSSR count). The number of hydrogen-bond donors (Lipinski definition) is 1. The molecule has 2 atom stereocenters. The lowest BCUT2D eigenvalue weighted by atomic mass is 10.2. The van der Waals surface area contributed by atoms with E-state index in [1.165, 1.54) is 11.3 Å². The van der Waals surface area contributed by atoms with Gasteiger partial charge in [-0.2, -0.15) is 5.10 Å². The fraction of sp³-hybridized carbons (Fsp3) is 0.500. The van der Waals surface area contributed by atoms with Gasteiger partial charge in [0.05, 0.1) is 30.1 Å². The average molecular weight is 354 g/mol. The lowest BCUT2D eigenvalue weighted by molar-refractivity contribution is -0.0545. The van der Waals surface area contributed by atoms with Crippen molar-refractivity contribution in [3.63, 3.8) is 0 Å². The van der Waals surface area contributed by atoms with Crippen LogP contribution in [-0.4, -0.2) is 46.0 Å². The van der Waals surface area contributed by atoms with E-state index in [9.17, 15) is 4.79 Å². The molecule has 2 aromatic rings. The van der Waals surface area contributed by atoms with Crippen LogP contribution in [0.15, 0.2) is 30.3 Å². The van der Waals surface area contributed by atoms with Crippen LogP contribution in [-0.2, 0) is 24.1 Å². The Balaban J connectivity index is 1.48. The van der Waals surface area contributed by atoms with Crippen molar-refractivity contribution >= 4 is 6.03 Å². The first kappa shape index (κ1) is 17.1. The quantitative estimate of drug-likeness (QED) is 0.922. The van der Waals surface area contributed by atoms with Crippen LogP contribution in [0.1, 0.15) is 37.2 Å². The number of hydrogen-bond acceptors (Lipinski definition) is 3. The molecule has 0 unspecified atom stereocenters. The van der Waals surface area contributed by atoms with Crippen LogP contribution >= 0.6 is 0 Å². The topological polar surface area (TPSA) is 59.4 Å². The molecule has 1 aliphatic carbocycles. The summed E-state index contributed by atoms with van der Waals surface area (Å²) in [4.78, 5) is 14.4. The molecular formula is C20H26N4O2. The number of morpholine rings is 1. The number of amides is 2. The van der Waals surface area contributed by atoms with Gasteiger partial charge in [0.25, 0.3) is 0 Å². The van der Waals surface area contributed by atoms with Crippen molar-refractivity contribution in [2.75, 3.05) is 13.1 Å². The predicted molar refractivity (Wildman–Crippen MR) is 99.4 cm³/mol. The van der Waals surface area contributed by atoms with E-state index in [1.54, 1.807) is 0 Å². The lowest BCUT2D eigenvalue weighted by Gasteiger charge is -2.35. The number of benzene rings is 1. The number of para-hydroxylation sites is 1. The Morgan fingerprint density at radius 2 is 1.92 bits per heavy atom. The van der Waals surface area contributed by atoms with E-state index in [4.69, 9.17) is 9.84 Å². The summed E-state index contributed by atoms with van der Waals surface area (Å²) in [6, 6.07) is 10.2. The van der Waals surface area contributed by atoms with E-state index >= 15 is 0 Å². The highest BCUT2D eigenvalue weighted by Gasteiger charge is 2.27. The zero-order valence-corrected chi connectivity index (χ0v) is 15.4. The second-order valence-electron chi connectivity index (χ2n) is 7.29. The third kappa shape index (κ3) is 3.33. The molecule has 0 bridgehead atoms. The van der Waals surface area contributed by atoms with Gasteiger partial charge in [-0.15, -0.1) is 0 Å². The molecule has 1 aromatic heterocycles. The molecule has 1 aliphatic heterocycles. The van der Waals surface area contributed by atoms with E-state index in [-0.39, 0.29) is 18.2 Å². The van der Waals surface area contributed by atoms with Gasteiger partial charge in [-0.25, -0.2) is 9.48 Å². The number of aromatic nitrogens is 2. The predicted octanol–water partition coefficient (Wildman–Crippen LogP) is 2.68. The number of nitrogens with one attached hydrogen (secondary N) is 1. The SMILES string of the molecule is C[C@H]1CN(C(=O)NCc2nn(-c3ccccc3)c3c2CCC3)C[C@H](C)O1. The van der Waals surface area contributed by atoms with Crippen LogP contribution in [0.4, 0.5) is 4.79 Å². The number of nitrogens with zero attached hydrogens (tertiary/aromatic N) is 3. The second kappa shape index (κ2) is 7.11. The first-order chi connectivity index (χ1) is 12.6. The van der Waals surface area contributed by atoms with E-state index in [1.807, 2.05) is 41.6 Å². The van der Waals surface area contributed by atoms with Gasteiger partial charge in [0.1, 0.15) is 0 Å². The lowest BCUT2D eigenvalue weighted by Crippen LogP contribution is -2.51. The van der Waals surface area contributed by atoms with Gasteiger partial charge in [0.15, 0.2) is 0 Å². The summed E-state index contributed by atoms with van der Waals surface area (Å²) in [6.45, 7) is 5.75. The second-order valence-corrected chi connectivity index (χ2v) is 7.29. The van der Waals surface area contributed by atoms with Gasteiger partial charge in [0, 0.05) is 18.8 Å². The van der Waals surface area contributed by atoms with Crippen LogP contribution in [0, 0.1) is 0 Å². The molecule has 1 fully saturated rings.